The van der Waals surface area contributed by atoms with Gasteiger partial charge in [-0.25, -0.2) is 13.4 Å². The molecule has 0 bridgehead atoms. The minimum atomic E-state index is -3.66. The van der Waals surface area contributed by atoms with E-state index in [1.54, 1.807) is 6.20 Å². The highest BCUT2D eigenvalue weighted by Crippen LogP contribution is 2.30. The summed E-state index contributed by atoms with van der Waals surface area (Å²) in [6, 6.07) is 17.5. The molecule has 0 spiro atoms. The molecule has 1 fully saturated rings. The van der Waals surface area contributed by atoms with Crippen LogP contribution in [0.3, 0.4) is 0 Å². The molecule has 0 aliphatic heterocycles. The van der Waals surface area contributed by atoms with E-state index in [0.717, 1.165) is 35.5 Å². The number of rotatable bonds is 10. The molecule has 0 unspecified atom stereocenters. The monoisotopic (exact) mass is 496 g/mol. The van der Waals surface area contributed by atoms with Crippen molar-refractivity contribution in [3.8, 4) is 0 Å². The molecule has 0 saturated heterocycles. The Morgan fingerprint density at radius 1 is 1.15 bits per heavy atom. The third-order valence-corrected chi connectivity index (χ3v) is 8.09. The second-order valence-electron chi connectivity index (χ2n) is 8.95. The van der Waals surface area contributed by atoms with Gasteiger partial charge in [-0.2, -0.15) is 0 Å². The maximum Gasteiger partial charge on any atom is 0.228 e. The summed E-state index contributed by atoms with van der Waals surface area (Å²) in [5.41, 5.74) is 3.62. The SMILES string of the molecule is CCNC(=S)N(Cc1cnc(S(=O)(=O)Cc2ccccc2C)n1Cc1ccccc1)CC1CC1. The molecule has 4 rings (SSSR count). The number of aryl methyl sites for hydroxylation is 1. The van der Waals surface area contributed by atoms with Crippen LogP contribution in [-0.4, -0.2) is 41.1 Å². The molecule has 1 saturated carbocycles. The van der Waals surface area contributed by atoms with Gasteiger partial charge in [0.15, 0.2) is 5.11 Å². The fourth-order valence-electron chi connectivity index (χ4n) is 4.03. The first kappa shape index (κ1) is 24.4. The Bertz CT molecular complexity index is 1230. The van der Waals surface area contributed by atoms with Crippen molar-refractivity contribution in [1.29, 1.82) is 0 Å². The Balaban J connectivity index is 1.69. The molecule has 1 aromatic heterocycles. The van der Waals surface area contributed by atoms with E-state index >= 15 is 0 Å². The molecule has 0 amide bonds. The molecule has 180 valence electrons. The predicted molar refractivity (Wildman–Crippen MR) is 139 cm³/mol. The second kappa shape index (κ2) is 10.7. The third-order valence-electron chi connectivity index (χ3n) is 6.11. The van der Waals surface area contributed by atoms with Gasteiger partial charge in [-0.15, -0.1) is 0 Å². The molecule has 1 N–H and O–H groups in total. The molecule has 6 nitrogen and oxygen atoms in total. The Morgan fingerprint density at radius 3 is 2.53 bits per heavy atom. The Kier molecular flexibility index (Phi) is 7.68. The van der Waals surface area contributed by atoms with Crippen LogP contribution in [0.15, 0.2) is 66.0 Å². The second-order valence-corrected chi connectivity index (χ2v) is 11.2. The number of thiocarbonyl (C=S) groups is 1. The van der Waals surface area contributed by atoms with Crippen molar-refractivity contribution in [2.75, 3.05) is 13.1 Å². The molecule has 3 aromatic rings. The molecular formula is C26H32N4O2S2. The summed E-state index contributed by atoms with van der Waals surface area (Å²) >= 11 is 5.64. The lowest BCUT2D eigenvalue weighted by atomic mass is 10.1. The van der Waals surface area contributed by atoms with Crippen LogP contribution in [0.1, 0.15) is 42.1 Å². The number of hydrogen-bond donors (Lipinski definition) is 1. The van der Waals surface area contributed by atoms with E-state index in [9.17, 15) is 8.42 Å². The van der Waals surface area contributed by atoms with Crippen molar-refractivity contribution in [2.45, 2.75) is 50.7 Å². The third kappa shape index (κ3) is 6.04. The number of imidazole rings is 1. The highest BCUT2D eigenvalue weighted by atomic mass is 32.2. The average molecular weight is 497 g/mol. The number of nitrogens with zero attached hydrogens (tertiary/aromatic N) is 3. The average Bonchev–Trinajstić information content (AvgIpc) is 3.55. The minimum absolute atomic E-state index is 0.0769. The largest absolute Gasteiger partial charge is 0.363 e. The van der Waals surface area contributed by atoms with E-state index in [0.29, 0.717) is 24.1 Å². The normalized spacial score (nSPS) is 13.6. The van der Waals surface area contributed by atoms with Crippen LogP contribution in [-0.2, 0) is 28.7 Å². The zero-order valence-corrected chi connectivity index (χ0v) is 21.4. The summed E-state index contributed by atoms with van der Waals surface area (Å²) in [6.07, 6.45) is 4.12. The van der Waals surface area contributed by atoms with Gasteiger partial charge >= 0.3 is 0 Å². The first-order chi connectivity index (χ1) is 16.4. The molecule has 34 heavy (non-hydrogen) atoms. The lowest BCUT2D eigenvalue weighted by Crippen LogP contribution is -2.40. The van der Waals surface area contributed by atoms with Crippen molar-refractivity contribution in [3.05, 3.63) is 83.2 Å². The van der Waals surface area contributed by atoms with Gasteiger partial charge in [0.05, 0.1) is 30.7 Å². The van der Waals surface area contributed by atoms with Crippen LogP contribution in [0.2, 0.25) is 0 Å². The van der Waals surface area contributed by atoms with Gasteiger partial charge in [-0.1, -0.05) is 54.6 Å². The van der Waals surface area contributed by atoms with Crippen molar-refractivity contribution in [3.63, 3.8) is 0 Å². The number of nitrogens with one attached hydrogen (secondary N) is 1. The molecule has 0 radical (unpaired) electrons. The van der Waals surface area contributed by atoms with Crippen LogP contribution in [0.4, 0.5) is 0 Å². The van der Waals surface area contributed by atoms with E-state index in [-0.39, 0.29) is 10.9 Å². The zero-order chi connectivity index (χ0) is 24.1. The first-order valence-corrected chi connectivity index (χ1v) is 13.8. The maximum absolute atomic E-state index is 13.6. The van der Waals surface area contributed by atoms with Crippen molar-refractivity contribution >= 4 is 27.2 Å². The summed E-state index contributed by atoms with van der Waals surface area (Å²) < 4.78 is 29.0. The van der Waals surface area contributed by atoms with Gasteiger partial charge in [0.1, 0.15) is 0 Å². The molecular weight excluding hydrogens is 464 g/mol. The smallest absolute Gasteiger partial charge is 0.228 e. The van der Waals surface area contributed by atoms with E-state index in [4.69, 9.17) is 12.2 Å². The molecule has 1 aliphatic carbocycles. The predicted octanol–water partition coefficient (Wildman–Crippen LogP) is 4.32. The number of benzene rings is 2. The Labute approximate surface area is 207 Å². The molecule has 0 atom stereocenters. The lowest BCUT2D eigenvalue weighted by molar-refractivity contribution is 0.375. The van der Waals surface area contributed by atoms with Crippen molar-refractivity contribution in [2.24, 2.45) is 5.92 Å². The standard InChI is InChI=1S/C26H32N4O2S2/c1-3-27-25(33)29(16-22-13-14-22)18-24-15-28-26(30(24)17-21-10-5-4-6-11-21)34(31,32)19-23-12-8-7-9-20(23)2/h4-12,15,22H,3,13-14,16-19H2,1-2H3,(H,27,33). The number of hydrogen-bond acceptors (Lipinski definition) is 4. The Hall–Kier alpha value is -2.71. The summed E-state index contributed by atoms with van der Waals surface area (Å²) in [7, 11) is -3.66. The zero-order valence-electron chi connectivity index (χ0n) is 19.8. The minimum Gasteiger partial charge on any atom is -0.363 e. The van der Waals surface area contributed by atoms with Crippen LogP contribution >= 0.6 is 12.2 Å². The topological polar surface area (TPSA) is 67.2 Å². The molecule has 8 heteroatoms. The molecule has 1 aliphatic rings. The Morgan fingerprint density at radius 2 is 1.85 bits per heavy atom. The highest BCUT2D eigenvalue weighted by molar-refractivity contribution is 7.90. The van der Waals surface area contributed by atoms with E-state index < -0.39 is 9.84 Å². The maximum atomic E-state index is 13.6. The first-order valence-electron chi connectivity index (χ1n) is 11.8. The number of sulfone groups is 1. The number of aromatic nitrogens is 2. The van der Waals surface area contributed by atoms with E-state index in [1.165, 1.54) is 12.8 Å². The fourth-order valence-corrected chi connectivity index (χ4v) is 5.91. The van der Waals surface area contributed by atoms with Gasteiger partial charge in [-0.05, 0) is 61.5 Å². The van der Waals surface area contributed by atoms with Crippen molar-refractivity contribution in [1.82, 2.24) is 19.8 Å². The fraction of sp³-hybridized carbons (Fsp3) is 0.385. The van der Waals surface area contributed by atoms with Crippen LogP contribution in [0.5, 0.6) is 0 Å². The van der Waals surface area contributed by atoms with Crippen LogP contribution in [0.25, 0.3) is 0 Å². The van der Waals surface area contributed by atoms with E-state index in [1.807, 2.05) is 73.0 Å². The van der Waals surface area contributed by atoms with Crippen LogP contribution in [0, 0.1) is 12.8 Å². The summed E-state index contributed by atoms with van der Waals surface area (Å²) in [5.74, 6) is 0.568. The van der Waals surface area contributed by atoms with Gasteiger partial charge in [0.25, 0.3) is 0 Å². The lowest BCUT2D eigenvalue weighted by Gasteiger charge is -2.26. The van der Waals surface area contributed by atoms with Crippen LogP contribution < -0.4 is 5.32 Å². The summed E-state index contributed by atoms with van der Waals surface area (Å²) in [6.45, 7) is 6.53. The van der Waals surface area contributed by atoms with Gasteiger partial charge in [0, 0.05) is 13.1 Å². The van der Waals surface area contributed by atoms with Gasteiger partial charge in [-0.3, -0.25) is 0 Å². The quantitative estimate of drug-likeness (QED) is 0.422. The summed E-state index contributed by atoms with van der Waals surface area (Å²) in [4.78, 5) is 6.59. The van der Waals surface area contributed by atoms with Gasteiger partial charge < -0.3 is 14.8 Å². The highest BCUT2D eigenvalue weighted by Gasteiger charge is 2.28. The van der Waals surface area contributed by atoms with E-state index in [2.05, 4.69) is 15.2 Å². The molecule has 2 aromatic carbocycles. The van der Waals surface area contributed by atoms with Crippen molar-refractivity contribution < 1.29 is 8.42 Å². The van der Waals surface area contributed by atoms with Gasteiger partial charge in [0.2, 0.25) is 15.0 Å². The summed E-state index contributed by atoms with van der Waals surface area (Å²) in [5, 5.41) is 4.06. The molecule has 1 heterocycles.